The van der Waals surface area contributed by atoms with Crippen LogP contribution in [0.25, 0.3) is 0 Å². The second kappa shape index (κ2) is 6.12. The number of halogens is 1. The first-order chi connectivity index (χ1) is 9.85. The van der Waals surface area contributed by atoms with E-state index in [4.69, 9.17) is 4.52 Å². The molecule has 0 aromatic carbocycles. The van der Waals surface area contributed by atoms with Gasteiger partial charge in [-0.3, -0.25) is 0 Å². The maximum atomic E-state index is 12.4. The van der Waals surface area contributed by atoms with Gasteiger partial charge in [-0.15, -0.1) is 0 Å². The van der Waals surface area contributed by atoms with Crippen molar-refractivity contribution in [3.05, 3.63) is 33.8 Å². The molecule has 0 atom stereocenters. The van der Waals surface area contributed by atoms with Crippen LogP contribution in [0.15, 0.2) is 26.2 Å². The summed E-state index contributed by atoms with van der Waals surface area (Å²) >= 11 is 3.22. The number of aryl methyl sites for hydroxylation is 2. The van der Waals surface area contributed by atoms with Gasteiger partial charge < -0.3 is 9.84 Å². The zero-order chi connectivity index (χ0) is 15.6. The van der Waals surface area contributed by atoms with Crippen molar-refractivity contribution in [2.75, 3.05) is 12.4 Å². The minimum absolute atomic E-state index is 0.0751. The number of aromatic nitrogens is 2. The molecule has 2 aromatic rings. The van der Waals surface area contributed by atoms with Crippen molar-refractivity contribution in [2.45, 2.75) is 25.3 Å². The molecule has 9 heteroatoms. The standard InChI is InChI=1S/C12H15BrN4O3S/c1-7-10(8(2)20-17-7)6-16-21(18,19)11-4-9(13)5-15-12(11)14-3/h4-5,16H,6H2,1-3H3,(H,14,15). The average molecular weight is 375 g/mol. The zero-order valence-corrected chi connectivity index (χ0v) is 14.2. The van der Waals surface area contributed by atoms with Crippen LogP contribution in [0.4, 0.5) is 5.82 Å². The predicted molar refractivity (Wildman–Crippen MR) is 81.5 cm³/mol. The van der Waals surface area contributed by atoms with Crippen molar-refractivity contribution in [3.63, 3.8) is 0 Å². The third kappa shape index (κ3) is 3.42. The summed E-state index contributed by atoms with van der Waals surface area (Å²) in [5.74, 6) is 0.876. The predicted octanol–water partition coefficient (Wildman–Crippen LogP) is 1.97. The van der Waals surface area contributed by atoms with Crippen LogP contribution < -0.4 is 10.0 Å². The third-order valence-corrected chi connectivity index (χ3v) is 4.81. The third-order valence-electron chi connectivity index (χ3n) is 2.97. The number of hydrogen-bond acceptors (Lipinski definition) is 6. The average Bonchev–Trinajstić information content (AvgIpc) is 2.76. The van der Waals surface area contributed by atoms with Crippen LogP contribution in [0.3, 0.4) is 0 Å². The molecule has 0 aliphatic carbocycles. The number of nitrogens with zero attached hydrogens (tertiary/aromatic N) is 2. The monoisotopic (exact) mass is 374 g/mol. The van der Waals surface area contributed by atoms with Crippen molar-refractivity contribution in [2.24, 2.45) is 0 Å². The Balaban J connectivity index is 2.29. The highest BCUT2D eigenvalue weighted by Gasteiger charge is 2.21. The minimum Gasteiger partial charge on any atom is -0.372 e. The van der Waals surface area contributed by atoms with Crippen LogP contribution in [-0.4, -0.2) is 25.6 Å². The number of pyridine rings is 1. The zero-order valence-electron chi connectivity index (χ0n) is 11.8. The van der Waals surface area contributed by atoms with Gasteiger partial charge in [-0.05, 0) is 35.8 Å². The van der Waals surface area contributed by atoms with Crippen molar-refractivity contribution in [3.8, 4) is 0 Å². The van der Waals surface area contributed by atoms with Crippen LogP contribution in [0, 0.1) is 13.8 Å². The summed E-state index contributed by atoms with van der Waals surface area (Å²) in [4.78, 5) is 4.11. The minimum atomic E-state index is -3.71. The fourth-order valence-corrected chi connectivity index (χ4v) is 3.48. The molecule has 21 heavy (non-hydrogen) atoms. The fraction of sp³-hybridized carbons (Fsp3) is 0.333. The Bertz CT molecular complexity index is 738. The molecule has 0 aliphatic heterocycles. The lowest BCUT2D eigenvalue weighted by atomic mass is 10.2. The van der Waals surface area contributed by atoms with Gasteiger partial charge >= 0.3 is 0 Å². The Hall–Kier alpha value is -1.45. The largest absolute Gasteiger partial charge is 0.372 e. The van der Waals surface area contributed by atoms with E-state index >= 15 is 0 Å². The Morgan fingerprint density at radius 2 is 2.10 bits per heavy atom. The van der Waals surface area contributed by atoms with Crippen molar-refractivity contribution in [1.29, 1.82) is 0 Å². The number of rotatable bonds is 5. The molecule has 2 rings (SSSR count). The van der Waals surface area contributed by atoms with Gasteiger partial charge in [0.2, 0.25) is 10.0 Å². The van der Waals surface area contributed by atoms with Crippen molar-refractivity contribution >= 4 is 31.8 Å². The first kappa shape index (κ1) is 15.9. The van der Waals surface area contributed by atoms with E-state index in [9.17, 15) is 8.42 Å². The van der Waals surface area contributed by atoms with E-state index in [-0.39, 0.29) is 17.3 Å². The van der Waals surface area contributed by atoms with Gasteiger partial charge in [0.05, 0.1) is 5.69 Å². The lowest BCUT2D eigenvalue weighted by Crippen LogP contribution is -2.25. The smallest absolute Gasteiger partial charge is 0.244 e. The Morgan fingerprint density at radius 1 is 1.38 bits per heavy atom. The molecule has 0 saturated carbocycles. The Morgan fingerprint density at radius 3 is 2.67 bits per heavy atom. The molecule has 0 fully saturated rings. The second-order valence-corrected chi connectivity index (χ2v) is 7.03. The lowest BCUT2D eigenvalue weighted by Gasteiger charge is -2.10. The molecular formula is C12H15BrN4O3S. The number of sulfonamides is 1. The number of hydrogen-bond donors (Lipinski definition) is 2. The van der Waals surface area contributed by atoms with Gasteiger partial charge in [-0.1, -0.05) is 5.16 Å². The molecule has 2 heterocycles. The van der Waals surface area contributed by atoms with E-state index in [0.29, 0.717) is 15.9 Å². The van der Waals surface area contributed by atoms with Crippen LogP contribution >= 0.6 is 15.9 Å². The molecule has 0 saturated heterocycles. The van der Waals surface area contributed by atoms with Gasteiger partial charge in [0, 0.05) is 29.8 Å². The normalized spacial score (nSPS) is 11.6. The molecule has 0 spiro atoms. The Kier molecular flexibility index (Phi) is 4.64. The first-order valence-electron chi connectivity index (χ1n) is 6.10. The van der Waals surface area contributed by atoms with Gasteiger partial charge in [0.15, 0.2) is 0 Å². The van der Waals surface area contributed by atoms with Crippen molar-refractivity contribution < 1.29 is 12.9 Å². The van der Waals surface area contributed by atoms with E-state index in [2.05, 4.69) is 36.1 Å². The second-order valence-electron chi connectivity index (χ2n) is 4.38. The van der Waals surface area contributed by atoms with Gasteiger partial charge in [0.25, 0.3) is 0 Å². The van der Waals surface area contributed by atoms with Crippen LogP contribution in [-0.2, 0) is 16.6 Å². The summed E-state index contributed by atoms with van der Waals surface area (Å²) in [5.41, 5.74) is 1.39. The summed E-state index contributed by atoms with van der Waals surface area (Å²) in [5, 5.41) is 6.56. The summed E-state index contributed by atoms with van der Waals surface area (Å²) in [6, 6.07) is 1.49. The quantitative estimate of drug-likeness (QED) is 0.830. The first-order valence-corrected chi connectivity index (χ1v) is 8.37. The summed E-state index contributed by atoms with van der Waals surface area (Å²) in [7, 11) is -2.09. The molecule has 2 N–H and O–H groups in total. The molecule has 2 aromatic heterocycles. The van der Waals surface area contributed by atoms with E-state index in [1.165, 1.54) is 12.3 Å². The Labute approximate surface area is 131 Å². The van der Waals surface area contributed by atoms with Crippen molar-refractivity contribution in [1.82, 2.24) is 14.9 Å². The van der Waals surface area contributed by atoms with Crippen LogP contribution in [0.2, 0.25) is 0 Å². The van der Waals surface area contributed by atoms with Gasteiger partial charge in [-0.2, -0.15) is 0 Å². The molecular weight excluding hydrogens is 360 g/mol. The van der Waals surface area contributed by atoms with E-state index in [1.54, 1.807) is 20.9 Å². The maximum Gasteiger partial charge on any atom is 0.244 e. The number of nitrogens with one attached hydrogen (secondary N) is 2. The summed E-state index contributed by atoms with van der Waals surface area (Å²) in [6.45, 7) is 3.61. The molecule has 114 valence electrons. The SMILES string of the molecule is CNc1ncc(Br)cc1S(=O)(=O)NCc1c(C)noc1C. The maximum absolute atomic E-state index is 12.4. The molecule has 0 unspecified atom stereocenters. The molecule has 0 aliphatic rings. The van der Waals surface area contributed by atoms with Crippen LogP contribution in [0.1, 0.15) is 17.0 Å². The van der Waals surface area contributed by atoms with Gasteiger partial charge in [-0.25, -0.2) is 18.1 Å². The van der Waals surface area contributed by atoms with E-state index in [0.717, 1.165) is 5.56 Å². The molecule has 0 bridgehead atoms. The lowest BCUT2D eigenvalue weighted by molar-refractivity contribution is 0.392. The molecule has 0 amide bonds. The topological polar surface area (TPSA) is 97.1 Å². The summed E-state index contributed by atoms with van der Waals surface area (Å²) in [6.07, 6.45) is 1.53. The molecule has 0 radical (unpaired) electrons. The van der Waals surface area contributed by atoms with Crippen LogP contribution in [0.5, 0.6) is 0 Å². The number of anilines is 1. The fourth-order valence-electron chi connectivity index (χ4n) is 1.81. The highest BCUT2D eigenvalue weighted by molar-refractivity contribution is 9.10. The highest BCUT2D eigenvalue weighted by atomic mass is 79.9. The molecule has 7 nitrogen and oxygen atoms in total. The highest BCUT2D eigenvalue weighted by Crippen LogP contribution is 2.23. The van der Waals surface area contributed by atoms with Gasteiger partial charge in [0.1, 0.15) is 16.5 Å². The van der Waals surface area contributed by atoms with E-state index < -0.39 is 10.0 Å². The van der Waals surface area contributed by atoms with E-state index in [1.807, 2.05) is 0 Å². The summed E-state index contributed by atoms with van der Waals surface area (Å²) < 4.78 is 33.0.